The van der Waals surface area contributed by atoms with Crippen molar-refractivity contribution in [2.45, 2.75) is 30.6 Å². The molecule has 0 amide bonds. The molecule has 1 heterocycles. The molecule has 0 unspecified atom stereocenters. The number of hydrogen-bond donors (Lipinski definition) is 4. The molecule has 0 aliphatic heterocycles. The van der Waals surface area contributed by atoms with Crippen molar-refractivity contribution in [3.63, 3.8) is 0 Å². The van der Waals surface area contributed by atoms with Gasteiger partial charge in [-0.1, -0.05) is 12.1 Å². The first-order chi connectivity index (χ1) is 15.3. The van der Waals surface area contributed by atoms with Crippen LogP contribution in [0.5, 0.6) is 0 Å². The summed E-state index contributed by atoms with van der Waals surface area (Å²) < 4.78 is 65.2. The summed E-state index contributed by atoms with van der Waals surface area (Å²) in [6.45, 7) is 4.75. The number of aryl methyl sites for hydroxylation is 3. The predicted molar refractivity (Wildman–Crippen MR) is 122 cm³/mol. The van der Waals surface area contributed by atoms with Crippen LogP contribution in [0, 0.1) is 32.1 Å². The molecule has 12 heteroatoms. The van der Waals surface area contributed by atoms with Crippen LogP contribution >= 0.6 is 0 Å². The van der Waals surface area contributed by atoms with Gasteiger partial charge in [-0.2, -0.15) is 22.1 Å². The number of anilines is 4. The second-order valence-electron chi connectivity index (χ2n) is 7.32. The average Bonchev–Trinajstić information content (AvgIpc) is 2.69. The zero-order chi connectivity index (χ0) is 24.6. The topological polar surface area (TPSA) is 169 Å². The Morgan fingerprint density at radius 3 is 1.73 bits per heavy atom. The van der Waals surface area contributed by atoms with E-state index < -0.39 is 20.2 Å². The van der Waals surface area contributed by atoms with E-state index >= 15 is 0 Å². The van der Waals surface area contributed by atoms with Gasteiger partial charge in [0, 0.05) is 11.4 Å². The summed E-state index contributed by atoms with van der Waals surface area (Å²) in [7, 11) is -8.87. The van der Waals surface area contributed by atoms with Gasteiger partial charge in [0.1, 0.15) is 11.9 Å². The van der Waals surface area contributed by atoms with E-state index in [1.54, 1.807) is 32.0 Å². The van der Waals surface area contributed by atoms with Crippen molar-refractivity contribution in [1.82, 2.24) is 4.98 Å². The number of nitrogens with one attached hydrogen (secondary N) is 2. The number of pyridine rings is 1. The SMILES string of the molecule is Cc1ccc(Nc2cc(C)c(C#N)c(Nc3ccc(C)c(S(=O)(=O)O)c3)n2)cc1S(=O)(=O)O. The summed E-state index contributed by atoms with van der Waals surface area (Å²) in [5.74, 6) is 0.383. The monoisotopic (exact) mass is 488 g/mol. The van der Waals surface area contributed by atoms with Gasteiger partial charge in [0.15, 0.2) is 5.82 Å². The minimum Gasteiger partial charge on any atom is -0.340 e. The minimum absolute atomic E-state index is 0.118. The van der Waals surface area contributed by atoms with Crippen LogP contribution in [0.25, 0.3) is 0 Å². The van der Waals surface area contributed by atoms with Gasteiger partial charge in [-0.05, 0) is 67.8 Å². The second-order valence-corrected chi connectivity index (χ2v) is 10.1. The molecule has 3 aromatic rings. The van der Waals surface area contributed by atoms with Crippen molar-refractivity contribution in [2.24, 2.45) is 0 Å². The van der Waals surface area contributed by atoms with Crippen molar-refractivity contribution in [2.75, 3.05) is 10.6 Å². The third-order valence-corrected chi connectivity index (χ3v) is 6.79. The van der Waals surface area contributed by atoms with Crippen LogP contribution in [-0.2, 0) is 20.2 Å². The van der Waals surface area contributed by atoms with Crippen molar-refractivity contribution in [3.05, 3.63) is 64.7 Å². The Morgan fingerprint density at radius 1 is 0.788 bits per heavy atom. The third kappa shape index (κ3) is 5.47. The lowest BCUT2D eigenvalue weighted by Crippen LogP contribution is -2.06. The molecule has 0 saturated heterocycles. The van der Waals surface area contributed by atoms with Gasteiger partial charge in [0.2, 0.25) is 0 Å². The van der Waals surface area contributed by atoms with Gasteiger partial charge in [-0.25, -0.2) is 4.98 Å². The van der Waals surface area contributed by atoms with Crippen LogP contribution in [0.4, 0.5) is 23.0 Å². The highest BCUT2D eigenvalue weighted by molar-refractivity contribution is 7.86. The van der Waals surface area contributed by atoms with Crippen LogP contribution in [0.1, 0.15) is 22.3 Å². The smallest absolute Gasteiger partial charge is 0.294 e. The summed E-state index contributed by atoms with van der Waals surface area (Å²) in [4.78, 5) is 3.82. The van der Waals surface area contributed by atoms with Gasteiger partial charge >= 0.3 is 0 Å². The zero-order valence-corrected chi connectivity index (χ0v) is 19.4. The molecule has 0 atom stereocenters. The highest BCUT2D eigenvalue weighted by Gasteiger charge is 2.17. The molecule has 1 aromatic heterocycles. The Labute approximate surface area is 191 Å². The minimum atomic E-state index is -4.45. The second kappa shape index (κ2) is 8.80. The van der Waals surface area contributed by atoms with E-state index in [1.807, 2.05) is 6.07 Å². The van der Waals surface area contributed by atoms with Crippen LogP contribution in [0.3, 0.4) is 0 Å². The highest BCUT2D eigenvalue weighted by atomic mass is 32.2. The first-order valence-corrected chi connectivity index (χ1v) is 12.3. The normalized spacial score (nSPS) is 11.6. The molecule has 172 valence electrons. The van der Waals surface area contributed by atoms with Gasteiger partial charge in [0.25, 0.3) is 20.2 Å². The molecule has 0 spiro atoms. The van der Waals surface area contributed by atoms with Gasteiger partial charge in [-0.3, -0.25) is 9.11 Å². The molecule has 0 saturated carbocycles. The van der Waals surface area contributed by atoms with Crippen molar-refractivity contribution in [3.8, 4) is 6.07 Å². The lowest BCUT2D eigenvalue weighted by Gasteiger charge is -2.14. The summed E-state index contributed by atoms with van der Waals surface area (Å²) in [6.07, 6.45) is 0. The number of hydrogen-bond acceptors (Lipinski definition) is 8. The molecule has 10 nitrogen and oxygen atoms in total. The van der Waals surface area contributed by atoms with Crippen molar-refractivity contribution in [1.29, 1.82) is 5.26 Å². The first kappa shape index (κ1) is 24.1. The van der Waals surface area contributed by atoms with Crippen LogP contribution < -0.4 is 10.6 Å². The molecular formula is C21H20N4O6S2. The maximum Gasteiger partial charge on any atom is 0.294 e. The van der Waals surface area contributed by atoms with Crippen LogP contribution in [-0.4, -0.2) is 30.9 Å². The Hall–Kier alpha value is -3.50. The van der Waals surface area contributed by atoms with E-state index in [2.05, 4.69) is 15.6 Å². The molecule has 4 N–H and O–H groups in total. The van der Waals surface area contributed by atoms with Gasteiger partial charge in [-0.15, -0.1) is 0 Å². The first-order valence-electron chi connectivity index (χ1n) is 9.41. The fourth-order valence-electron chi connectivity index (χ4n) is 3.16. The van der Waals surface area contributed by atoms with Gasteiger partial charge < -0.3 is 10.6 Å². The molecular weight excluding hydrogens is 468 g/mol. The number of rotatable bonds is 6. The van der Waals surface area contributed by atoms with Crippen molar-refractivity contribution < 1.29 is 25.9 Å². The fraction of sp³-hybridized carbons (Fsp3) is 0.143. The molecule has 0 fully saturated rings. The Kier molecular flexibility index (Phi) is 6.44. The van der Waals surface area contributed by atoms with E-state index in [0.29, 0.717) is 22.4 Å². The maximum absolute atomic E-state index is 11.6. The Morgan fingerprint density at radius 2 is 1.27 bits per heavy atom. The predicted octanol–water partition coefficient (Wildman–Crippen LogP) is 3.86. The third-order valence-electron chi connectivity index (χ3n) is 4.80. The van der Waals surface area contributed by atoms with Gasteiger partial charge in [0.05, 0.1) is 15.4 Å². The Balaban J connectivity index is 2.03. The zero-order valence-electron chi connectivity index (χ0n) is 17.8. The molecule has 33 heavy (non-hydrogen) atoms. The lowest BCUT2D eigenvalue weighted by atomic mass is 10.1. The van der Waals surface area contributed by atoms with E-state index in [4.69, 9.17) is 0 Å². The number of benzene rings is 2. The molecule has 0 bridgehead atoms. The summed E-state index contributed by atoms with van der Waals surface area (Å²) in [5, 5.41) is 15.4. The van der Waals surface area contributed by atoms with Crippen molar-refractivity contribution >= 4 is 43.2 Å². The molecule has 0 aliphatic carbocycles. The fourth-order valence-corrected chi connectivity index (χ4v) is 4.67. The number of nitrogens with zero attached hydrogens (tertiary/aromatic N) is 2. The van der Waals surface area contributed by atoms with E-state index in [9.17, 15) is 31.2 Å². The Bertz CT molecular complexity index is 1510. The molecule has 0 aliphatic rings. The quantitative estimate of drug-likeness (QED) is 0.374. The molecule has 3 rings (SSSR count). The highest BCUT2D eigenvalue weighted by Crippen LogP contribution is 2.29. The summed E-state index contributed by atoms with van der Waals surface area (Å²) in [5.41, 5.74) is 2.07. The van der Waals surface area contributed by atoms with Crippen LogP contribution in [0.15, 0.2) is 52.3 Å². The van der Waals surface area contributed by atoms with E-state index in [-0.39, 0.29) is 32.7 Å². The standard InChI is InChI=1S/C21H20N4O6S2/c1-12-4-6-15(9-18(12)32(26,27)28)23-20-8-14(3)17(11-22)21(25-20)24-16-7-5-13(2)19(10-16)33(29,30)31/h4-10H,1-3H3,(H2,23,24,25)(H,26,27,28)(H,29,30,31). The number of aromatic nitrogens is 1. The number of nitriles is 1. The summed E-state index contributed by atoms with van der Waals surface area (Å²) in [6, 6.07) is 12.3. The average molecular weight is 489 g/mol. The molecule has 0 radical (unpaired) electrons. The van der Waals surface area contributed by atoms with Crippen LogP contribution in [0.2, 0.25) is 0 Å². The summed E-state index contributed by atoms with van der Waals surface area (Å²) >= 11 is 0. The van der Waals surface area contributed by atoms with E-state index in [1.165, 1.54) is 31.2 Å². The van der Waals surface area contributed by atoms with E-state index in [0.717, 1.165) is 0 Å². The maximum atomic E-state index is 11.6. The molecule has 2 aromatic carbocycles. The largest absolute Gasteiger partial charge is 0.340 e. The lowest BCUT2D eigenvalue weighted by molar-refractivity contribution is 0.480.